The van der Waals surface area contributed by atoms with Gasteiger partial charge < -0.3 is 0 Å². The minimum atomic E-state index is -0.442. The van der Waals surface area contributed by atoms with Crippen molar-refractivity contribution in [1.82, 2.24) is 0 Å². The SMILES string of the molecule is CSCSC1=C(C#N)[C@@H](c2ccccc2Cl)C(C(C)=O)C(C)=N1. The van der Waals surface area contributed by atoms with Gasteiger partial charge in [-0.05, 0) is 31.7 Å². The number of ketones is 1. The first-order chi connectivity index (χ1) is 11.0. The Labute approximate surface area is 150 Å². The quantitative estimate of drug-likeness (QED) is 0.698. The van der Waals surface area contributed by atoms with Crippen molar-refractivity contribution in [2.24, 2.45) is 10.9 Å². The van der Waals surface area contributed by atoms with Crippen LogP contribution >= 0.6 is 35.1 Å². The minimum Gasteiger partial charge on any atom is -0.299 e. The van der Waals surface area contributed by atoms with E-state index in [2.05, 4.69) is 11.1 Å². The van der Waals surface area contributed by atoms with Gasteiger partial charge >= 0.3 is 0 Å². The third-order valence-electron chi connectivity index (χ3n) is 3.71. The van der Waals surface area contributed by atoms with Gasteiger partial charge in [0.1, 0.15) is 10.8 Å². The molecular weight excluding hydrogens is 348 g/mol. The number of hydrogen-bond donors (Lipinski definition) is 0. The number of hydrogen-bond acceptors (Lipinski definition) is 5. The van der Waals surface area contributed by atoms with Crippen molar-refractivity contribution in [2.45, 2.75) is 19.8 Å². The highest BCUT2D eigenvalue weighted by Crippen LogP contribution is 2.44. The van der Waals surface area contributed by atoms with Gasteiger partial charge in [-0.1, -0.05) is 41.6 Å². The standard InChI is InChI=1S/C17H17ClN2OS2/c1-10-15(11(2)21)16(12-6-4-5-7-14(12)18)13(8-19)17(20-10)23-9-22-3/h4-7,15-16H,9H2,1-3H3/t15?,16-/m1/s1. The second-order valence-electron chi connectivity index (χ2n) is 5.22. The van der Waals surface area contributed by atoms with Gasteiger partial charge in [0.05, 0.1) is 17.6 Å². The number of carbonyl (C=O) groups is 1. The number of halogens is 1. The number of carbonyl (C=O) groups excluding carboxylic acids is 1. The van der Waals surface area contributed by atoms with Crippen LogP contribution in [0.2, 0.25) is 5.02 Å². The van der Waals surface area contributed by atoms with Gasteiger partial charge in [0.25, 0.3) is 0 Å². The molecule has 0 radical (unpaired) electrons. The summed E-state index contributed by atoms with van der Waals surface area (Å²) in [6, 6.07) is 9.67. The van der Waals surface area contributed by atoms with Crippen LogP contribution in [0.1, 0.15) is 25.3 Å². The zero-order valence-corrected chi connectivity index (χ0v) is 15.6. The number of benzene rings is 1. The summed E-state index contributed by atoms with van der Waals surface area (Å²) in [4.78, 5) is 16.8. The maximum Gasteiger partial charge on any atom is 0.139 e. The fourth-order valence-electron chi connectivity index (χ4n) is 2.76. The number of Topliss-reactive ketones (excluding diaryl/α,β-unsaturated/α-hetero) is 1. The van der Waals surface area contributed by atoms with E-state index in [1.54, 1.807) is 24.8 Å². The molecule has 1 aliphatic rings. The second-order valence-corrected chi connectivity index (χ2v) is 7.82. The van der Waals surface area contributed by atoms with Gasteiger partial charge in [-0.25, -0.2) is 4.99 Å². The number of thioether (sulfide) groups is 2. The van der Waals surface area contributed by atoms with E-state index in [9.17, 15) is 10.1 Å². The van der Waals surface area contributed by atoms with Crippen molar-refractivity contribution in [3.05, 3.63) is 45.5 Å². The van der Waals surface area contributed by atoms with E-state index in [0.29, 0.717) is 15.6 Å². The van der Waals surface area contributed by atoms with Crippen LogP contribution in [0.3, 0.4) is 0 Å². The van der Waals surface area contributed by atoms with Crippen LogP contribution in [0.25, 0.3) is 0 Å². The van der Waals surface area contributed by atoms with Crippen LogP contribution in [-0.2, 0) is 4.79 Å². The maximum atomic E-state index is 12.2. The molecule has 3 nitrogen and oxygen atoms in total. The molecule has 0 saturated heterocycles. The molecule has 120 valence electrons. The van der Waals surface area contributed by atoms with Gasteiger partial charge in [0, 0.05) is 21.7 Å². The molecule has 1 aromatic carbocycles. The van der Waals surface area contributed by atoms with E-state index in [1.165, 1.54) is 11.8 Å². The predicted octanol–water partition coefficient (Wildman–Crippen LogP) is 4.89. The lowest BCUT2D eigenvalue weighted by Gasteiger charge is -2.30. The van der Waals surface area contributed by atoms with Gasteiger partial charge in [-0.3, -0.25) is 4.79 Å². The molecule has 2 rings (SSSR count). The molecule has 0 N–H and O–H groups in total. The summed E-state index contributed by atoms with van der Waals surface area (Å²) in [6.45, 7) is 3.40. The van der Waals surface area contributed by atoms with Gasteiger partial charge in [0.15, 0.2) is 0 Å². The van der Waals surface area contributed by atoms with E-state index >= 15 is 0 Å². The van der Waals surface area contributed by atoms with E-state index in [4.69, 9.17) is 11.6 Å². The average molecular weight is 365 g/mol. The van der Waals surface area contributed by atoms with Gasteiger partial charge in [-0.2, -0.15) is 17.0 Å². The van der Waals surface area contributed by atoms with Crippen molar-refractivity contribution in [3.63, 3.8) is 0 Å². The Hall–Kier alpha value is -1.22. The Bertz CT molecular complexity index is 722. The molecule has 1 unspecified atom stereocenters. The van der Waals surface area contributed by atoms with Crippen molar-refractivity contribution in [2.75, 3.05) is 11.3 Å². The summed E-state index contributed by atoms with van der Waals surface area (Å²) in [6.07, 6.45) is 2.00. The van der Waals surface area contributed by atoms with Gasteiger partial charge in [-0.15, -0.1) is 0 Å². The Morgan fingerprint density at radius 2 is 2.13 bits per heavy atom. The summed E-state index contributed by atoms with van der Waals surface area (Å²) in [7, 11) is 0. The summed E-state index contributed by atoms with van der Waals surface area (Å²) in [5.41, 5.74) is 2.08. The third-order valence-corrected chi connectivity index (χ3v) is 6.06. The van der Waals surface area contributed by atoms with Crippen molar-refractivity contribution in [1.29, 1.82) is 5.26 Å². The number of allylic oxidation sites excluding steroid dienone is 1. The Morgan fingerprint density at radius 1 is 1.43 bits per heavy atom. The van der Waals surface area contributed by atoms with Crippen LogP contribution < -0.4 is 0 Å². The molecule has 0 aliphatic carbocycles. The molecule has 6 heteroatoms. The highest BCUT2D eigenvalue weighted by molar-refractivity contribution is 8.17. The molecule has 0 aromatic heterocycles. The molecule has 0 spiro atoms. The first kappa shape index (κ1) is 18.1. The Balaban J connectivity index is 2.63. The van der Waals surface area contributed by atoms with Crippen LogP contribution in [0.4, 0.5) is 0 Å². The first-order valence-corrected chi connectivity index (χ1v) is 9.83. The van der Waals surface area contributed by atoms with E-state index in [0.717, 1.165) is 16.4 Å². The van der Waals surface area contributed by atoms with Crippen LogP contribution in [0.5, 0.6) is 0 Å². The van der Waals surface area contributed by atoms with Crippen LogP contribution in [0, 0.1) is 17.2 Å². The average Bonchev–Trinajstić information content (AvgIpc) is 2.52. The zero-order chi connectivity index (χ0) is 17.0. The molecule has 2 atom stereocenters. The lowest BCUT2D eigenvalue weighted by molar-refractivity contribution is -0.119. The highest BCUT2D eigenvalue weighted by Gasteiger charge is 2.38. The summed E-state index contributed by atoms with van der Waals surface area (Å²) >= 11 is 9.56. The highest BCUT2D eigenvalue weighted by atomic mass is 35.5. The summed E-state index contributed by atoms with van der Waals surface area (Å²) in [5.74, 6) is -0.811. The second kappa shape index (κ2) is 8.05. The van der Waals surface area contributed by atoms with Crippen molar-refractivity contribution >= 4 is 46.6 Å². The number of nitriles is 1. The molecule has 0 fully saturated rings. The Kier molecular flexibility index (Phi) is 6.34. The van der Waals surface area contributed by atoms with Gasteiger partial charge in [0.2, 0.25) is 0 Å². The summed E-state index contributed by atoms with van der Waals surface area (Å²) < 4.78 is 0. The third kappa shape index (κ3) is 3.82. The van der Waals surface area contributed by atoms with Crippen molar-refractivity contribution < 1.29 is 4.79 Å². The van der Waals surface area contributed by atoms with Crippen LogP contribution in [-0.4, -0.2) is 22.8 Å². The zero-order valence-electron chi connectivity index (χ0n) is 13.2. The number of nitrogens with zero attached hydrogens (tertiary/aromatic N) is 2. The first-order valence-electron chi connectivity index (χ1n) is 7.07. The smallest absolute Gasteiger partial charge is 0.139 e. The molecule has 1 aromatic rings. The molecule has 0 saturated carbocycles. The minimum absolute atomic E-state index is 0.00200. The van der Waals surface area contributed by atoms with E-state index in [1.807, 2.05) is 31.4 Å². The number of aliphatic imine (C=N–C) groups is 1. The van der Waals surface area contributed by atoms with Crippen LogP contribution in [0.15, 0.2) is 39.9 Å². The molecule has 0 amide bonds. The maximum absolute atomic E-state index is 12.2. The lowest BCUT2D eigenvalue weighted by atomic mass is 9.75. The van der Waals surface area contributed by atoms with E-state index in [-0.39, 0.29) is 11.7 Å². The fourth-order valence-corrected chi connectivity index (χ4v) is 4.47. The molecule has 23 heavy (non-hydrogen) atoms. The molecule has 0 bridgehead atoms. The predicted molar refractivity (Wildman–Crippen MR) is 100 cm³/mol. The monoisotopic (exact) mass is 364 g/mol. The lowest BCUT2D eigenvalue weighted by Crippen LogP contribution is -2.31. The summed E-state index contributed by atoms with van der Waals surface area (Å²) in [5, 5.41) is 11.8. The largest absolute Gasteiger partial charge is 0.299 e. The topological polar surface area (TPSA) is 53.2 Å². The normalized spacial score (nSPS) is 20.9. The number of rotatable bonds is 5. The van der Waals surface area contributed by atoms with Crippen molar-refractivity contribution in [3.8, 4) is 6.07 Å². The molecular formula is C17H17ClN2OS2. The molecule has 1 aliphatic heterocycles. The van der Waals surface area contributed by atoms with E-state index < -0.39 is 5.92 Å². The fraction of sp³-hybridized carbons (Fsp3) is 0.353. The Morgan fingerprint density at radius 3 is 2.70 bits per heavy atom. The molecule has 1 heterocycles.